The highest BCUT2D eigenvalue weighted by Crippen LogP contribution is 2.30. The number of furan rings is 1. The van der Waals surface area contributed by atoms with Crippen LogP contribution in [0, 0.1) is 11.3 Å². The summed E-state index contributed by atoms with van der Waals surface area (Å²) in [6, 6.07) is 17.8. The Hall–Kier alpha value is -2.52. The molecule has 0 fully saturated rings. The van der Waals surface area contributed by atoms with Gasteiger partial charge in [0.1, 0.15) is 23.2 Å². The van der Waals surface area contributed by atoms with E-state index in [2.05, 4.69) is 21.2 Å². The fourth-order valence-electron chi connectivity index (χ4n) is 2.29. The van der Waals surface area contributed by atoms with Crippen LogP contribution in [0.15, 0.2) is 69.1 Å². The number of para-hydroxylation sites is 1. The number of nitriles is 1. The lowest BCUT2D eigenvalue weighted by atomic mass is 10.2. The first-order chi connectivity index (χ1) is 13.0. The van der Waals surface area contributed by atoms with Gasteiger partial charge < -0.3 is 9.73 Å². The Balaban J connectivity index is 1.83. The molecule has 134 valence electrons. The van der Waals surface area contributed by atoms with Gasteiger partial charge in [0, 0.05) is 16.1 Å². The summed E-state index contributed by atoms with van der Waals surface area (Å²) >= 11 is 15.5. The molecule has 0 unspecified atom stereocenters. The highest BCUT2D eigenvalue weighted by Gasteiger charge is 2.15. The third kappa shape index (κ3) is 4.61. The molecule has 1 amide bonds. The monoisotopic (exact) mass is 460 g/mol. The number of halogens is 3. The van der Waals surface area contributed by atoms with Crippen LogP contribution in [-0.4, -0.2) is 5.91 Å². The summed E-state index contributed by atoms with van der Waals surface area (Å²) < 4.78 is 6.67. The van der Waals surface area contributed by atoms with Crippen molar-refractivity contribution < 1.29 is 9.21 Å². The molecule has 0 bridgehead atoms. The molecule has 1 aromatic heterocycles. The number of anilines is 1. The van der Waals surface area contributed by atoms with Crippen LogP contribution in [0.5, 0.6) is 0 Å². The number of nitrogens with one attached hydrogen (secondary N) is 1. The molecule has 3 rings (SSSR count). The second-order valence-electron chi connectivity index (χ2n) is 5.43. The minimum Gasteiger partial charge on any atom is -0.457 e. The van der Waals surface area contributed by atoms with E-state index in [1.807, 2.05) is 30.3 Å². The zero-order valence-electron chi connectivity index (χ0n) is 13.7. The minimum atomic E-state index is -0.630. The molecule has 0 radical (unpaired) electrons. The Bertz CT molecular complexity index is 1050. The first-order valence-corrected chi connectivity index (χ1v) is 9.26. The van der Waals surface area contributed by atoms with Gasteiger partial charge >= 0.3 is 0 Å². The van der Waals surface area contributed by atoms with Gasteiger partial charge in [0.15, 0.2) is 0 Å². The summed E-state index contributed by atoms with van der Waals surface area (Å²) in [5, 5.41) is 12.5. The molecule has 0 spiro atoms. The highest BCUT2D eigenvalue weighted by molar-refractivity contribution is 9.10. The van der Waals surface area contributed by atoms with E-state index in [0.717, 1.165) is 10.0 Å². The van der Waals surface area contributed by atoms with Crippen molar-refractivity contribution in [2.24, 2.45) is 0 Å². The van der Waals surface area contributed by atoms with Crippen LogP contribution in [0.2, 0.25) is 10.0 Å². The summed E-state index contributed by atoms with van der Waals surface area (Å²) in [6.07, 6.45) is 1.36. The lowest BCUT2D eigenvalue weighted by Gasteiger charge is -2.08. The molecule has 4 nitrogen and oxygen atoms in total. The summed E-state index contributed by atoms with van der Waals surface area (Å²) in [7, 11) is 0. The molecule has 0 aliphatic carbocycles. The molecule has 0 saturated carbocycles. The molecular weight excluding hydrogens is 451 g/mol. The van der Waals surface area contributed by atoms with E-state index in [4.69, 9.17) is 27.6 Å². The van der Waals surface area contributed by atoms with Crippen molar-refractivity contribution in [2.75, 3.05) is 5.32 Å². The van der Waals surface area contributed by atoms with Gasteiger partial charge in [-0.05, 0) is 36.4 Å². The van der Waals surface area contributed by atoms with Crippen molar-refractivity contribution in [2.45, 2.75) is 0 Å². The average molecular weight is 462 g/mol. The second kappa shape index (κ2) is 8.45. The van der Waals surface area contributed by atoms with Gasteiger partial charge in [-0.25, -0.2) is 0 Å². The minimum absolute atomic E-state index is 0.136. The molecular formula is C20H11BrCl2N2O2. The van der Waals surface area contributed by atoms with Gasteiger partial charge in [-0.3, -0.25) is 4.79 Å². The molecule has 0 atom stereocenters. The summed E-state index contributed by atoms with van der Waals surface area (Å²) in [5.74, 6) is 0.375. The Morgan fingerprint density at radius 2 is 1.74 bits per heavy atom. The number of hydrogen-bond donors (Lipinski definition) is 1. The Labute approximate surface area is 174 Å². The molecule has 2 aromatic carbocycles. The second-order valence-corrected chi connectivity index (χ2v) is 7.16. The van der Waals surface area contributed by atoms with Crippen LogP contribution >= 0.6 is 39.1 Å². The van der Waals surface area contributed by atoms with Crippen molar-refractivity contribution >= 4 is 56.8 Å². The largest absolute Gasteiger partial charge is 0.457 e. The molecule has 1 heterocycles. The van der Waals surface area contributed by atoms with E-state index >= 15 is 0 Å². The fourth-order valence-corrected chi connectivity index (χ4v) is 3.04. The SMILES string of the molecule is N#C/C(=C\c1ccc(-c2ccc(Br)cc2)o1)C(=O)Nc1c(Cl)cccc1Cl. The van der Waals surface area contributed by atoms with E-state index in [-0.39, 0.29) is 21.3 Å². The van der Waals surface area contributed by atoms with E-state index in [1.54, 1.807) is 30.3 Å². The Morgan fingerprint density at radius 3 is 2.37 bits per heavy atom. The van der Waals surface area contributed by atoms with E-state index in [0.29, 0.717) is 11.5 Å². The predicted octanol–water partition coefficient (Wildman–Crippen LogP) is 6.56. The zero-order chi connectivity index (χ0) is 19.4. The molecule has 0 saturated heterocycles. The van der Waals surface area contributed by atoms with Crippen molar-refractivity contribution in [3.8, 4) is 17.4 Å². The van der Waals surface area contributed by atoms with Crippen molar-refractivity contribution in [1.29, 1.82) is 5.26 Å². The number of carbonyl (C=O) groups is 1. The number of amides is 1. The van der Waals surface area contributed by atoms with E-state index in [1.165, 1.54) is 6.08 Å². The molecule has 0 aliphatic rings. The van der Waals surface area contributed by atoms with Gasteiger partial charge in [0.25, 0.3) is 5.91 Å². The van der Waals surface area contributed by atoms with Gasteiger partial charge in [-0.15, -0.1) is 0 Å². The van der Waals surface area contributed by atoms with E-state index < -0.39 is 5.91 Å². The number of nitrogens with zero attached hydrogens (tertiary/aromatic N) is 1. The van der Waals surface area contributed by atoms with Gasteiger partial charge in [0.05, 0.1) is 15.7 Å². The van der Waals surface area contributed by atoms with Crippen molar-refractivity contribution in [1.82, 2.24) is 0 Å². The van der Waals surface area contributed by atoms with Crippen LogP contribution in [0.1, 0.15) is 5.76 Å². The van der Waals surface area contributed by atoms with Crippen LogP contribution in [-0.2, 0) is 4.79 Å². The van der Waals surface area contributed by atoms with Crippen LogP contribution < -0.4 is 5.32 Å². The smallest absolute Gasteiger partial charge is 0.266 e. The maximum Gasteiger partial charge on any atom is 0.266 e. The molecule has 7 heteroatoms. The van der Waals surface area contributed by atoms with Gasteiger partial charge in [0.2, 0.25) is 0 Å². The number of benzene rings is 2. The Kier molecular flexibility index (Phi) is 6.02. The number of hydrogen-bond acceptors (Lipinski definition) is 3. The molecule has 27 heavy (non-hydrogen) atoms. The van der Waals surface area contributed by atoms with Crippen molar-refractivity contribution in [3.63, 3.8) is 0 Å². The predicted molar refractivity (Wildman–Crippen MR) is 111 cm³/mol. The van der Waals surface area contributed by atoms with Crippen LogP contribution in [0.3, 0.4) is 0 Å². The van der Waals surface area contributed by atoms with E-state index in [9.17, 15) is 10.1 Å². The van der Waals surface area contributed by atoms with Crippen molar-refractivity contribution in [3.05, 3.63) is 80.4 Å². The number of carbonyl (C=O) groups excluding carboxylic acids is 1. The highest BCUT2D eigenvalue weighted by atomic mass is 79.9. The quantitative estimate of drug-likeness (QED) is 0.353. The Morgan fingerprint density at radius 1 is 1.07 bits per heavy atom. The maximum absolute atomic E-state index is 12.4. The summed E-state index contributed by atoms with van der Waals surface area (Å²) in [4.78, 5) is 12.4. The molecule has 0 aliphatic heterocycles. The maximum atomic E-state index is 12.4. The average Bonchev–Trinajstić information content (AvgIpc) is 3.12. The zero-order valence-corrected chi connectivity index (χ0v) is 16.8. The standard InChI is InChI=1S/C20H11BrCl2N2O2/c21-14-6-4-12(5-7-14)18-9-8-15(27-18)10-13(11-24)20(26)25-19-16(22)2-1-3-17(19)23/h1-10H,(H,25,26)/b13-10+. The fraction of sp³-hybridized carbons (Fsp3) is 0. The summed E-state index contributed by atoms with van der Waals surface area (Å²) in [5.41, 5.74) is 0.994. The third-order valence-electron chi connectivity index (χ3n) is 3.61. The number of rotatable bonds is 4. The molecule has 1 N–H and O–H groups in total. The lowest BCUT2D eigenvalue weighted by Crippen LogP contribution is -2.14. The molecule has 3 aromatic rings. The normalized spacial score (nSPS) is 11.1. The lowest BCUT2D eigenvalue weighted by molar-refractivity contribution is -0.112. The third-order valence-corrected chi connectivity index (χ3v) is 4.77. The summed E-state index contributed by atoms with van der Waals surface area (Å²) in [6.45, 7) is 0. The first kappa shape index (κ1) is 19.2. The van der Waals surface area contributed by atoms with Gasteiger partial charge in [-0.1, -0.05) is 57.3 Å². The van der Waals surface area contributed by atoms with Crippen LogP contribution in [0.25, 0.3) is 17.4 Å². The topological polar surface area (TPSA) is 66.0 Å². The first-order valence-electron chi connectivity index (χ1n) is 7.71. The van der Waals surface area contributed by atoms with Gasteiger partial charge in [-0.2, -0.15) is 5.26 Å². The van der Waals surface area contributed by atoms with Crippen LogP contribution in [0.4, 0.5) is 5.69 Å².